The molecule has 1 heterocycles. The second kappa shape index (κ2) is 9.84. The minimum atomic E-state index is -0.770. The molecule has 1 aliphatic carbocycles. The van der Waals surface area contributed by atoms with E-state index in [1.165, 1.54) is 23.5 Å². The summed E-state index contributed by atoms with van der Waals surface area (Å²) >= 11 is 1.32. The van der Waals surface area contributed by atoms with Crippen molar-refractivity contribution in [2.24, 2.45) is 5.92 Å². The summed E-state index contributed by atoms with van der Waals surface area (Å²) in [6.45, 7) is 0. The lowest BCUT2D eigenvalue weighted by atomic mass is 9.86. The number of carboxylic acids is 1. The van der Waals surface area contributed by atoms with Gasteiger partial charge in [-0.3, -0.25) is 9.59 Å². The molecule has 1 amide bonds. The number of benzene rings is 3. The van der Waals surface area contributed by atoms with E-state index in [9.17, 15) is 19.1 Å². The van der Waals surface area contributed by atoms with E-state index >= 15 is 0 Å². The Bertz CT molecular complexity index is 1380. The molecule has 1 aromatic heterocycles. The summed E-state index contributed by atoms with van der Waals surface area (Å²) < 4.78 is 14.4. The van der Waals surface area contributed by atoms with Gasteiger partial charge in [0.15, 0.2) is 5.13 Å². The molecule has 3 N–H and O–H groups in total. The summed E-state index contributed by atoms with van der Waals surface area (Å²) in [6.07, 6.45) is 2.38. The van der Waals surface area contributed by atoms with Gasteiger partial charge in [0, 0.05) is 6.04 Å². The molecule has 0 unspecified atom stereocenters. The maximum Gasteiger partial charge on any atom is 0.306 e. The molecule has 0 radical (unpaired) electrons. The van der Waals surface area contributed by atoms with Gasteiger partial charge in [0.1, 0.15) is 5.82 Å². The Kier molecular flexibility index (Phi) is 6.46. The zero-order valence-electron chi connectivity index (χ0n) is 18.8. The molecule has 8 heteroatoms. The highest BCUT2D eigenvalue weighted by atomic mass is 32.1. The highest BCUT2D eigenvalue weighted by Gasteiger charge is 2.27. The lowest BCUT2D eigenvalue weighted by Crippen LogP contribution is -2.38. The molecule has 0 saturated heterocycles. The normalized spacial score (nSPS) is 17.7. The van der Waals surface area contributed by atoms with Crippen LogP contribution >= 0.6 is 11.3 Å². The summed E-state index contributed by atoms with van der Waals surface area (Å²) in [6, 6.07) is 19.9. The van der Waals surface area contributed by atoms with Gasteiger partial charge in [-0.05, 0) is 67.1 Å². The zero-order chi connectivity index (χ0) is 24.4. The topological polar surface area (TPSA) is 91.3 Å². The van der Waals surface area contributed by atoms with Gasteiger partial charge < -0.3 is 15.7 Å². The van der Waals surface area contributed by atoms with Crippen molar-refractivity contribution in [1.82, 2.24) is 10.3 Å². The average molecular weight is 490 g/mol. The fourth-order valence-electron chi connectivity index (χ4n) is 4.47. The summed E-state index contributed by atoms with van der Waals surface area (Å²) in [5.41, 5.74) is 3.71. The molecule has 0 aliphatic heterocycles. The summed E-state index contributed by atoms with van der Waals surface area (Å²) in [4.78, 5) is 29.0. The molecule has 1 aliphatic rings. The number of hydrogen-bond donors (Lipinski definition) is 3. The zero-order valence-corrected chi connectivity index (χ0v) is 19.6. The second-order valence-corrected chi connectivity index (χ2v) is 9.77. The third kappa shape index (κ3) is 5.17. The average Bonchev–Trinajstić information content (AvgIpc) is 3.26. The maximum absolute atomic E-state index is 13.6. The van der Waals surface area contributed by atoms with Crippen LogP contribution < -0.4 is 10.6 Å². The number of thiazole rings is 1. The third-order valence-electron chi connectivity index (χ3n) is 6.38. The molecule has 6 nitrogen and oxygen atoms in total. The van der Waals surface area contributed by atoms with Crippen LogP contribution in [0.5, 0.6) is 0 Å². The number of fused-ring (bicyclic) bond motifs is 1. The fourth-order valence-corrected chi connectivity index (χ4v) is 5.37. The van der Waals surface area contributed by atoms with E-state index in [4.69, 9.17) is 0 Å². The SMILES string of the molecule is O=C(NC1CCC(C(=O)O)CC1)c1ccc(-c2ccccc2)cc1Nc1nc2ccc(F)cc2s1. The number of carboxylic acid groups (broad SMARTS) is 1. The van der Waals surface area contributed by atoms with Crippen molar-refractivity contribution in [3.63, 3.8) is 0 Å². The Morgan fingerprint density at radius 1 is 0.943 bits per heavy atom. The number of hydrogen-bond acceptors (Lipinski definition) is 5. The summed E-state index contributed by atoms with van der Waals surface area (Å²) in [5.74, 6) is -1.66. The van der Waals surface area contributed by atoms with Gasteiger partial charge in [0.05, 0.1) is 27.4 Å². The fraction of sp³-hybridized carbons (Fsp3) is 0.222. The lowest BCUT2D eigenvalue weighted by Gasteiger charge is -2.27. The van der Waals surface area contributed by atoms with Gasteiger partial charge in [-0.1, -0.05) is 47.7 Å². The highest BCUT2D eigenvalue weighted by Crippen LogP contribution is 2.33. The number of carbonyl (C=O) groups is 2. The Labute approximate surface area is 205 Å². The van der Waals surface area contributed by atoms with Gasteiger partial charge in [0.25, 0.3) is 5.91 Å². The first-order valence-corrected chi connectivity index (χ1v) is 12.3. The first-order valence-electron chi connectivity index (χ1n) is 11.5. The first kappa shape index (κ1) is 23.0. The highest BCUT2D eigenvalue weighted by molar-refractivity contribution is 7.22. The Hall–Kier alpha value is -3.78. The van der Waals surface area contributed by atoms with Crippen LogP contribution in [0.3, 0.4) is 0 Å². The van der Waals surface area contributed by atoms with Crippen molar-refractivity contribution in [2.45, 2.75) is 31.7 Å². The number of rotatable bonds is 6. The Balaban J connectivity index is 1.43. The van der Waals surface area contributed by atoms with Gasteiger partial charge in [0.2, 0.25) is 0 Å². The minimum Gasteiger partial charge on any atom is -0.481 e. The summed E-state index contributed by atoms with van der Waals surface area (Å²) in [7, 11) is 0. The molecule has 0 spiro atoms. The van der Waals surface area contributed by atoms with Crippen molar-refractivity contribution in [1.29, 1.82) is 0 Å². The molecule has 35 heavy (non-hydrogen) atoms. The smallest absolute Gasteiger partial charge is 0.306 e. The molecule has 178 valence electrons. The van der Waals surface area contributed by atoms with E-state index in [2.05, 4.69) is 15.6 Å². The Morgan fingerprint density at radius 3 is 2.46 bits per heavy atom. The molecule has 0 atom stereocenters. The number of amides is 1. The standard InChI is InChI=1S/C27H24FN3O3S/c28-19-9-13-22-24(15-19)35-27(30-22)31-23-14-18(16-4-2-1-3-5-16)8-12-21(23)25(32)29-20-10-6-17(7-11-20)26(33)34/h1-5,8-9,12-15,17,20H,6-7,10-11H2,(H,29,32)(H,30,31)(H,33,34). The van der Waals surface area contributed by atoms with Crippen LogP contribution in [0.1, 0.15) is 36.0 Å². The monoisotopic (exact) mass is 489 g/mol. The van der Waals surface area contributed by atoms with Gasteiger partial charge >= 0.3 is 5.97 Å². The van der Waals surface area contributed by atoms with E-state index in [-0.39, 0.29) is 23.7 Å². The molecular weight excluding hydrogens is 465 g/mol. The van der Waals surface area contributed by atoms with Crippen molar-refractivity contribution in [3.8, 4) is 11.1 Å². The molecule has 3 aromatic carbocycles. The van der Waals surface area contributed by atoms with E-state index in [0.29, 0.717) is 52.3 Å². The van der Waals surface area contributed by atoms with Crippen LogP contribution in [0.4, 0.5) is 15.2 Å². The van der Waals surface area contributed by atoms with Gasteiger partial charge in [-0.2, -0.15) is 0 Å². The number of nitrogens with one attached hydrogen (secondary N) is 2. The molecule has 5 rings (SSSR count). The van der Waals surface area contributed by atoms with Crippen LogP contribution in [-0.2, 0) is 4.79 Å². The van der Waals surface area contributed by atoms with E-state index in [1.54, 1.807) is 12.1 Å². The largest absolute Gasteiger partial charge is 0.481 e. The molecule has 1 saturated carbocycles. The van der Waals surface area contributed by atoms with E-state index < -0.39 is 5.97 Å². The molecule has 4 aromatic rings. The number of carbonyl (C=O) groups excluding carboxylic acids is 1. The number of anilines is 2. The van der Waals surface area contributed by atoms with Crippen molar-refractivity contribution < 1.29 is 19.1 Å². The minimum absolute atomic E-state index is 0.0647. The Morgan fingerprint density at radius 2 is 1.71 bits per heavy atom. The lowest BCUT2D eigenvalue weighted by molar-refractivity contribution is -0.142. The predicted octanol–water partition coefficient (Wildman–Crippen LogP) is 6.22. The van der Waals surface area contributed by atoms with Crippen LogP contribution in [0.2, 0.25) is 0 Å². The molecule has 1 fully saturated rings. The third-order valence-corrected chi connectivity index (χ3v) is 7.31. The first-order chi connectivity index (χ1) is 17.0. The van der Waals surface area contributed by atoms with E-state index in [0.717, 1.165) is 11.1 Å². The number of nitrogens with zero attached hydrogens (tertiary/aromatic N) is 1. The van der Waals surface area contributed by atoms with Crippen LogP contribution in [0.25, 0.3) is 21.3 Å². The number of aliphatic carboxylic acids is 1. The quantitative estimate of drug-likeness (QED) is 0.299. The van der Waals surface area contributed by atoms with Crippen molar-refractivity contribution >= 4 is 44.2 Å². The van der Waals surface area contributed by atoms with Crippen molar-refractivity contribution in [2.75, 3.05) is 5.32 Å². The second-order valence-electron chi connectivity index (χ2n) is 8.74. The maximum atomic E-state index is 13.6. The van der Waals surface area contributed by atoms with Crippen LogP contribution in [0, 0.1) is 11.7 Å². The van der Waals surface area contributed by atoms with Crippen molar-refractivity contribution in [3.05, 3.63) is 78.1 Å². The van der Waals surface area contributed by atoms with Gasteiger partial charge in [-0.25, -0.2) is 9.37 Å². The molecule has 0 bridgehead atoms. The van der Waals surface area contributed by atoms with Crippen LogP contribution in [0.15, 0.2) is 66.7 Å². The predicted molar refractivity (Wildman–Crippen MR) is 136 cm³/mol. The molecular formula is C27H24FN3O3S. The number of aromatic nitrogens is 1. The van der Waals surface area contributed by atoms with E-state index in [1.807, 2.05) is 42.5 Å². The van der Waals surface area contributed by atoms with Crippen LogP contribution in [-0.4, -0.2) is 28.0 Å². The summed E-state index contributed by atoms with van der Waals surface area (Å²) in [5, 5.41) is 16.1. The van der Waals surface area contributed by atoms with Gasteiger partial charge in [-0.15, -0.1) is 0 Å². The number of halogens is 1.